The van der Waals surface area contributed by atoms with E-state index in [1.807, 2.05) is 11.3 Å². The van der Waals surface area contributed by atoms with Crippen LogP contribution in [0.3, 0.4) is 0 Å². The van der Waals surface area contributed by atoms with E-state index in [1.54, 1.807) is 9.75 Å². The summed E-state index contributed by atoms with van der Waals surface area (Å²) in [5, 5.41) is 0. The van der Waals surface area contributed by atoms with E-state index in [1.165, 1.54) is 57.5 Å². The second-order valence-corrected chi connectivity index (χ2v) is 10.4. The average molecular weight is 469 g/mol. The molecule has 3 nitrogen and oxygen atoms in total. The van der Waals surface area contributed by atoms with Gasteiger partial charge >= 0.3 is 0 Å². The van der Waals surface area contributed by atoms with Crippen molar-refractivity contribution in [2.75, 3.05) is 39.8 Å². The van der Waals surface area contributed by atoms with Crippen LogP contribution in [0.1, 0.15) is 40.6 Å². The summed E-state index contributed by atoms with van der Waals surface area (Å²) in [7, 11) is 2.31. The van der Waals surface area contributed by atoms with Crippen LogP contribution in [-0.2, 0) is 13.1 Å². The molecule has 0 unspecified atom stereocenters. The van der Waals surface area contributed by atoms with Gasteiger partial charge in [-0.1, -0.05) is 36.8 Å². The largest absolute Gasteiger partial charge is 0.299 e. The highest BCUT2D eigenvalue weighted by molar-refractivity contribution is 7.11. The first-order valence-corrected chi connectivity index (χ1v) is 11.9. The van der Waals surface area contributed by atoms with Crippen molar-refractivity contribution in [2.24, 2.45) is 11.8 Å². The van der Waals surface area contributed by atoms with E-state index >= 15 is 0 Å². The molecule has 3 saturated heterocycles. The Morgan fingerprint density at radius 2 is 1.47 bits per heavy atom. The molecule has 3 aliphatic rings. The summed E-state index contributed by atoms with van der Waals surface area (Å²) < 4.78 is 0. The standard InChI is InChI=1S/C24H33N3S.2ClH/c1-25-14-20-15-27(18-23(20)24(25)19-8-4-2-5-9-19)17-22-11-10-21(28-22)16-26-12-6-3-7-13-26;;/h2,4-5,8-11,20,23-24H,3,6-7,12-18H2,1H3;2*1H/t20-,23+,24-;;/m0../s1. The second kappa shape index (κ2) is 10.8. The van der Waals surface area contributed by atoms with Crippen molar-refractivity contribution in [1.29, 1.82) is 0 Å². The monoisotopic (exact) mass is 467 g/mol. The fourth-order valence-corrected chi connectivity index (χ4v) is 6.88. The third-order valence-corrected chi connectivity index (χ3v) is 8.09. The van der Waals surface area contributed by atoms with Crippen LogP contribution in [0.2, 0.25) is 0 Å². The van der Waals surface area contributed by atoms with Gasteiger partial charge in [0.05, 0.1) is 0 Å². The molecule has 166 valence electrons. The molecule has 1 aromatic carbocycles. The number of hydrogen-bond acceptors (Lipinski definition) is 4. The highest BCUT2D eigenvalue weighted by Gasteiger charge is 2.45. The van der Waals surface area contributed by atoms with Crippen molar-refractivity contribution >= 4 is 36.2 Å². The summed E-state index contributed by atoms with van der Waals surface area (Å²) >= 11 is 2.05. The lowest BCUT2D eigenvalue weighted by Gasteiger charge is -2.26. The Morgan fingerprint density at radius 3 is 2.17 bits per heavy atom. The Hall–Kier alpha value is -0.620. The first kappa shape index (κ1) is 24.0. The zero-order valence-corrected chi connectivity index (χ0v) is 20.4. The molecule has 4 heterocycles. The van der Waals surface area contributed by atoms with E-state index in [-0.39, 0.29) is 24.8 Å². The molecule has 30 heavy (non-hydrogen) atoms. The van der Waals surface area contributed by atoms with Gasteiger partial charge in [0.25, 0.3) is 0 Å². The van der Waals surface area contributed by atoms with Crippen LogP contribution in [-0.4, -0.2) is 54.5 Å². The predicted molar refractivity (Wildman–Crippen MR) is 132 cm³/mol. The predicted octanol–water partition coefficient (Wildman–Crippen LogP) is 5.31. The normalized spacial score (nSPS) is 27.4. The minimum atomic E-state index is 0. The lowest BCUT2D eigenvalue weighted by Crippen LogP contribution is -2.28. The fourth-order valence-electron chi connectivity index (χ4n) is 5.78. The van der Waals surface area contributed by atoms with Crippen LogP contribution < -0.4 is 0 Å². The third kappa shape index (κ3) is 5.23. The number of halogens is 2. The molecule has 1 aromatic heterocycles. The molecular weight excluding hydrogens is 433 g/mol. The minimum absolute atomic E-state index is 0. The van der Waals surface area contributed by atoms with Crippen molar-refractivity contribution in [3.05, 3.63) is 57.8 Å². The smallest absolute Gasteiger partial charge is 0.0389 e. The summed E-state index contributed by atoms with van der Waals surface area (Å²) in [4.78, 5) is 11.0. The number of piperidine rings is 1. The van der Waals surface area contributed by atoms with Crippen LogP contribution in [0.4, 0.5) is 0 Å². The maximum Gasteiger partial charge on any atom is 0.0389 e. The molecule has 3 fully saturated rings. The summed E-state index contributed by atoms with van der Waals surface area (Å²) in [5.74, 6) is 1.60. The lowest BCUT2D eigenvalue weighted by molar-refractivity contribution is 0.222. The van der Waals surface area contributed by atoms with E-state index in [0.717, 1.165) is 24.9 Å². The second-order valence-electron chi connectivity index (χ2n) is 9.12. The maximum atomic E-state index is 2.72. The summed E-state index contributed by atoms with van der Waals surface area (Å²) in [5.41, 5.74) is 1.50. The number of hydrogen-bond donors (Lipinski definition) is 0. The summed E-state index contributed by atoms with van der Waals surface area (Å²) in [6.45, 7) is 8.63. The number of rotatable bonds is 5. The van der Waals surface area contributed by atoms with Gasteiger partial charge in [-0.05, 0) is 62.5 Å². The molecule has 0 amide bonds. The van der Waals surface area contributed by atoms with Crippen LogP contribution in [0.5, 0.6) is 0 Å². The van der Waals surface area contributed by atoms with E-state index in [4.69, 9.17) is 0 Å². The van der Waals surface area contributed by atoms with Crippen LogP contribution >= 0.6 is 36.2 Å². The maximum absolute atomic E-state index is 2.72. The Labute approximate surface area is 198 Å². The molecular formula is C24H35Cl2N3S. The number of fused-ring (bicyclic) bond motifs is 1. The van der Waals surface area contributed by atoms with Gasteiger partial charge in [-0.2, -0.15) is 0 Å². The van der Waals surface area contributed by atoms with E-state index < -0.39 is 0 Å². The Balaban J connectivity index is 0.00000128. The van der Waals surface area contributed by atoms with Crippen molar-refractivity contribution in [3.63, 3.8) is 0 Å². The molecule has 0 saturated carbocycles. The first-order valence-electron chi connectivity index (χ1n) is 11.0. The van der Waals surface area contributed by atoms with E-state index in [9.17, 15) is 0 Å². The van der Waals surface area contributed by atoms with Gasteiger partial charge in [-0.3, -0.25) is 14.7 Å². The van der Waals surface area contributed by atoms with Gasteiger partial charge in [-0.15, -0.1) is 36.2 Å². The Bertz CT molecular complexity index is 778. The van der Waals surface area contributed by atoms with Crippen molar-refractivity contribution < 1.29 is 0 Å². The fraction of sp³-hybridized carbons (Fsp3) is 0.583. The molecule has 5 rings (SSSR count). The van der Waals surface area contributed by atoms with E-state index in [0.29, 0.717) is 6.04 Å². The van der Waals surface area contributed by atoms with Crippen LogP contribution in [0, 0.1) is 11.8 Å². The molecule has 0 radical (unpaired) electrons. The van der Waals surface area contributed by atoms with Crippen LogP contribution in [0.15, 0.2) is 42.5 Å². The highest BCUT2D eigenvalue weighted by atomic mass is 35.5. The summed E-state index contributed by atoms with van der Waals surface area (Å²) in [6.07, 6.45) is 4.18. The number of likely N-dealkylation sites (tertiary alicyclic amines) is 3. The molecule has 2 aromatic rings. The van der Waals surface area contributed by atoms with Gasteiger partial charge in [-0.25, -0.2) is 0 Å². The van der Waals surface area contributed by atoms with Gasteiger partial charge in [0.15, 0.2) is 0 Å². The third-order valence-electron chi connectivity index (χ3n) is 7.04. The quantitative estimate of drug-likeness (QED) is 0.589. The Morgan fingerprint density at radius 1 is 0.800 bits per heavy atom. The molecule has 3 atom stereocenters. The molecule has 6 heteroatoms. The average Bonchev–Trinajstić information content (AvgIpc) is 3.38. The SMILES string of the molecule is CN1C[C@H]2CN(Cc3ccc(CN4CCCCC4)s3)C[C@H]2[C@@H]1c1ccccc1.Cl.Cl. The highest BCUT2D eigenvalue weighted by Crippen LogP contribution is 2.44. The zero-order valence-electron chi connectivity index (χ0n) is 17.9. The summed E-state index contributed by atoms with van der Waals surface area (Å²) in [6, 6.07) is 16.5. The Kier molecular flexibility index (Phi) is 8.65. The van der Waals surface area contributed by atoms with Gasteiger partial charge in [0.1, 0.15) is 0 Å². The first-order chi connectivity index (χ1) is 13.8. The van der Waals surface area contributed by atoms with Gasteiger partial charge in [0.2, 0.25) is 0 Å². The topological polar surface area (TPSA) is 9.72 Å². The molecule has 0 spiro atoms. The molecule has 0 bridgehead atoms. The van der Waals surface area contributed by atoms with Crippen molar-refractivity contribution in [2.45, 2.75) is 38.4 Å². The molecule has 3 aliphatic heterocycles. The molecule has 0 N–H and O–H groups in total. The minimum Gasteiger partial charge on any atom is -0.299 e. The van der Waals surface area contributed by atoms with Gasteiger partial charge in [0, 0.05) is 48.5 Å². The zero-order chi connectivity index (χ0) is 18.9. The van der Waals surface area contributed by atoms with Crippen LogP contribution in [0.25, 0.3) is 0 Å². The van der Waals surface area contributed by atoms with Crippen molar-refractivity contribution in [3.8, 4) is 0 Å². The van der Waals surface area contributed by atoms with Crippen molar-refractivity contribution in [1.82, 2.24) is 14.7 Å². The molecule has 0 aliphatic carbocycles. The lowest BCUT2D eigenvalue weighted by atomic mass is 9.90. The number of thiophene rings is 1. The number of nitrogens with zero attached hydrogens (tertiary/aromatic N) is 3. The number of benzene rings is 1. The van der Waals surface area contributed by atoms with Gasteiger partial charge < -0.3 is 0 Å². The van der Waals surface area contributed by atoms with E-state index in [2.05, 4.69) is 64.2 Å².